The van der Waals surface area contributed by atoms with Gasteiger partial charge in [-0.15, -0.1) is 0 Å². The van der Waals surface area contributed by atoms with E-state index < -0.39 is 5.97 Å². The zero-order chi connectivity index (χ0) is 13.7. The number of anilines is 2. The smallest absolute Gasteiger partial charge is 0.340 e. The molecular formula is C15H16N2O2. The predicted octanol–water partition coefficient (Wildman–Crippen LogP) is 2.67. The molecule has 98 valence electrons. The maximum atomic E-state index is 11.5. The third-order valence-corrected chi connectivity index (χ3v) is 2.80. The van der Waals surface area contributed by atoms with E-state index in [1.54, 1.807) is 12.1 Å². The highest BCUT2D eigenvalue weighted by Gasteiger charge is 2.10. The number of rotatable bonds is 4. The summed E-state index contributed by atoms with van der Waals surface area (Å²) < 4.78 is 4.69. The molecule has 0 heterocycles. The molecule has 0 saturated carbocycles. The zero-order valence-corrected chi connectivity index (χ0v) is 10.7. The quantitative estimate of drug-likeness (QED) is 0.652. The number of benzene rings is 2. The van der Waals surface area contributed by atoms with Gasteiger partial charge in [-0.1, -0.05) is 30.3 Å². The molecule has 0 aromatic heterocycles. The van der Waals surface area contributed by atoms with E-state index in [2.05, 4.69) is 10.1 Å². The molecule has 0 aliphatic heterocycles. The predicted molar refractivity (Wildman–Crippen MR) is 76.0 cm³/mol. The van der Waals surface area contributed by atoms with Crippen molar-refractivity contribution in [3.63, 3.8) is 0 Å². The number of hydrogen-bond acceptors (Lipinski definition) is 4. The van der Waals surface area contributed by atoms with Crippen molar-refractivity contribution >= 4 is 17.3 Å². The summed E-state index contributed by atoms with van der Waals surface area (Å²) in [5, 5.41) is 3.24. The van der Waals surface area contributed by atoms with Gasteiger partial charge in [-0.2, -0.15) is 0 Å². The first-order valence-electron chi connectivity index (χ1n) is 5.96. The Morgan fingerprint density at radius 3 is 2.63 bits per heavy atom. The van der Waals surface area contributed by atoms with Crippen LogP contribution in [0.1, 0.15) is 15.9 Å². The van der Waals surface area contributed by atoms with Crippen LogP contribution in [0.25, 0.3) is 0 Å². The molecule has 0 amide bonds. The van der Waals surface area contributed by atoms with Crippen LogP contribution in [-0.2, 0) is 11.3 Å². The molecule has 19 heavy (non-hydrogen) atoms. The molecule has 4 nitrogen and oxygen atoms in total. The van der Waals surface area contributed by atoms with Crippen LogP contribution in [0.2, 0.25) is 0 Å². The largest absolute Gasteiger partial charge is 0.465 e. The van der Waals surface area contributed by atoms with Crippen LogP contribution < -0.4 is 11.1 Å². The molecule has 0 spiro atoms. The summed E-state index contributed by atoms with van der Waals surface area (Å²) in [4.78, 5) is 11.5. The van der Waals surface area contributed by atoms with Crippen molar-refractivity contribution in [3.05, 3.63) is 59.7 Å². The van der Waals surface area contributed by atoms with Crippen molar-refractivity contribution < 1.29 is 9.53 Å². The lowest BCUT2D eigenvalue weighted by molar-refractivity contribution is 0.0602. The Morgan fingerprint density at radius 2 is 1.95 bits per heavy atom. The van der Waals surface area contributed by atoms with E-state index in [0.29, 0.717) is 17.8 Å². The van der Waals surface area contributed by atoms with Gasteiger partial charge in [-0.25, -0.2) is 4.79 Å². The molecule has 2 rings (SSSR count). The van der Waals surface area contributed by atoms with Gasteiger partial charge in [-0.05, 0) is 23.8 Å². The van der Waals surface area contributed by atoms with Crippen molar-refractivity contribution in [1.82, 2.24) is 0 Å². The third-order valence-electron chi connectivity index (χ3n) is 2.80. The van der Waals surface area contributed by atoms with Crippen molar-refractivity contribution in [2.45, 2.75) is 6.54 Å². The number of esters is 1. The number of carbonyl (C=O) groups excluding carboxylic acids is 1. The van der Waals surface area contributed by atoms with Gasteiger partial charge in [0.1, 0.15) is 0 Å². The fourth-order valence-electron chi connectivity index (χ4n) is 1.75. The van der Waals surface area contributed by atoms with Gasteiger partial charge in [0.05, 0.1) is 12.7 Å². The summed E-state index contributed by atoms with van der Waals surface area (Å²) in [5.41, 5.74) is 8.53. The van der Waals surface area contributed by atoms with Crippen LogP contribution in [0.4, 0.5) is 11.4 Å². The monoisotopic (exact) mass is 256 g/mol. The van der Waals surface area contributed by atoms with E-state index in [0.717, 1.165) is 5.69 Å². The lowest BCUT2D eigenvalue weighted by Gasteiger charge is -2.09. The normalized spacial score (nSPS) is 9.95. The van der Waals surface area contributed by atoms with Gasteiger partial charge in [-0.3, -0.25) is 0 Å². The van der Waals surface area contributed by atoms with Crippen molar-refractivity contribution in [2.24, 2.45) is 0 Å². The minimum absolute atomic E-state index is 0.376. The maximum absolute atomic E-state index is 11.5. The number of nitrogens with two attached hydrogens (primary N) is 1. The fraction of sp³-hybridized carbons (Fsp3) is 0.133. The van der Waals surface area contributed by atoms with E-state index in [1.807, 2.05) is 36.4 Å². The van der Waals surface area contributed by atoms with Gasteiger partial charge < -0.3 is 15.8 Å². The Morgan fingerprint density at radius 1 is 1.21 bits per heavy atom. The molecule has 0 radical (unpaired) electrons. The standard InChI is InChI=1S/C15H16N2O2/c1-19-15(18)13-9-12(7-8-14(13)16)17-10-11-5-3-2-4-6-11/h2-9,17H,10,16H2,1H3. The number of methoxy groups -OCH3 is 1. The number of nitrogen functional groups attached to an aromatic ring is 1. The average Bonchev–Trinajstić information content (AvgIpc) is 2.46. The second kappa shape index (κ2) is 5.91. The number of ether oxygens (including phenoxy) is 1. The maximum Gasteiger partial charge on any atom is 0.340 e. The van der Waals surface area contributed by atoms with E-state index >= 15 is 0 Å². The van der Waals surface area contributed by atoms with Crippen LogP contribution in [0, 0.1) is 0 Å². The molecular weight excluding hydrogens is 240 g/mol. The first-order valence-corrected chi connectivity index (χ1v) is 5.96. The third kappa shape index (κ3) is 3.25. The lowest BCUT2D eigenvalue weighted by atomic mass is 10.1. The Bertz CT molecular complexity index is 568. The van der Waals surface area contributed by atoms with Crippen LogP contribution in [0.3, 0.4) is 0 Å². The topological polar surface area (TPSA) is 64.3 Å². The summed E-state index contributed by atoms with van der Waals surface area (Å²) in [6.07, 6.45) is 0. The minimum Gasteiger partial charge on any atom is -0.465 e. The summed E-state index contributed by atoms with van der Waals surface area (Å²) >= 11 is 0. The van der Waals surface area contributed by atoms with Crippen LogP contribution in [-0.4, -0.2) is 13.1 Å². The SMILES string of the molecule is COC(=O)c1cc(NCc2ccccc2)ccc1N. The number of hydrogen-bond donors (Lipinski definition) is 2. The molecule has 0 unspecified atom stereocenters. The molecule has 0 aliphatic carbocycles. The van der Waals surface area contributed by atoms with Crippen molar-refractivity contribution in [1.29, 1.82) is 0 Å². The van der Waals surface area contributed by atoms with Gasteiger partial charge in [0.25, 0.3) is 0 Å². The molecule has 0 bridgehead atoms. The molecule has 2 aromatic rings. The first-order chi connectivity index (χ1) is 9.20. The summed E-state index contributed by atoms with van der Waals surface area (Å²) in [7, 11) is 1.34. The van der Waals surface area contributed by atoms with Crippen LogP contribution >= 0.6 is 0 Å². The Kier molecular flexibility index (Phi) is 4.03. The lowest BCUT2D eigenvalue weighted by Crippen LogP contribution is -2.07. The zero-order valence-electron chi connectivity index (χ0n) is 10.7. The number of carbonyl (C=O) groups is 1. The van der Waals surface area contributed by atoms with E-state index in [-0.39, 0.29) is 0 Å². The molecule has 0 atom stereocenters. The summed E-state index contributed by atoms with van der Waals surface area (Å²) in [6, 6.07) is 15.2. The van der Waals surface area contributed by atoms with Crippen molar-refractivity contribution in [3.8, 4) is 0 Å². The van der Waals surface area contributed by atoms with Gasteiger partial charge in [0.15, 0.2) is 0 Å². The van der Waals surface area contributed by atoms with Gasteiger partial charge in [0.2, 0.25) is 0 Å². The second-order valence-corrected chi connectivity index (χ2v) is 4.13. The van der Waals surface area contributed by atoms with Gasteiger partial charge in [0, 0.05) is 17.9 Å². The van der Waals surface area contributed by atoms with Crippen LogP contribution in [0.15, 0.2) is 48.5 Å². The summed E-state index contributed by atoms with van der Waals surface area (Å²) in [5.74, 6) is -0.430. The fourth-order valence-corrected chi connectivity index (χ4v) is 1.75. The first kappa shape index (κ1) is 13.0. The highest BCUT2D eigenvalue weighted by Crippen LogP contribution is 2.19. The molecule has 0 aliphatic rings. The average molecular weight is 256 g/mol. The highest BCUT2D eigenvalue weighted by atomic mass is 16.5. The van der Waals surface area contributed by atoms with E-state index in [9.17, 15) is 4.79 Å². The van der Waals surface area contributed by atoms with E-state index in [1.165, 1.54) is 12.7 Å². The Labute approximate surface area is 112 Å². The van der Waals surface area contributed by atoms with E-state index in [4.69, 9.17) is 5.73 Å². The second-order valence-electron chi connectivity index (χ2n) is 4.13. The van der Waals surface area contributed by atoms with Gasteiger partial charge >= 0.3 is 5.97 Å². The molecule has 0 fully saturated rings. The summed E-state index contributed by atoms with van der Waals surface area (Å²) in [6.45, 7) is 0.686. The van der Waals surface area contributed by atoms with Crippen LogP contribution in [0.5, 0.6) is 0 Å². The minimum atomic E-state index is -0.430. The van der Waals surface area contributed by atoms with Crippen molar-refractivity contribution in [2.75, 3.05) is 18.2 Å². The molecule has 0 saturated heterocycles. The number of nitrogens with one attached hydrogen (secondary N) is 1. The molecule has 2 aromatic carbocycles. The molecule has 4 heteroatoms. The Balaban J connectivity index is 2.11. The highest BCUT2D eigenvalue weighted by molar-refractivity contribution is 5.96. The molecule has 3 N–H and O–H groups in total. The Hall–Kier alpha value is -2.49.